The zero-order chi connectivity index (χ0) is 9.97. The van der Waals surface area contributed by atoms with Gasteiger partial charge in [-0.15, -0.1) is 0 Å². The Morgan fingerprint density at radius 2 is 2.57 bits per heavy atom. The average Bonchev–Trinajstić information content (AvgIpc) is 2.75. The van der Waals surface area contributed by atoms with E-state index in [-0.39, 0.29) is 5.92 Å². The van der Waals surface area contributed by atoms with Crippen LogP contribution in [0.5, 0.6) is 0 Å². The van der Waals surface area contributed by atoms with Crippen LogP contribution in [0.4, 0.5) is 0 Å². The summed E-state index contributed by atoms with van der Waals surface area (Å²) in [7, 11) is 0. The standard InChI is InChI=1S/C10H14N2O2/c13-10(14)9-2-4-12(7-9)6-8-1-3-11-5-8/h1,3,5,9,11H,2,4,6-7H2,(H,13,14). The number of H-pyrrole nitrogens is 1. The normalized spacial score (nSPS) is 22.7. The zero-order valence-corrected chi connectivity index (χ0v) is 7.94. The average molecular weight is 194 g/mol. The fraction of sp³-hybridized carbons (Fsp3) is 0.500. The van der Waals surface area contributed by atoms with Crippen molar-refractivity contribution in [2.75, 3.05) is 13.1 Å². The zero-order valence-electron chi connectivity index (χ0n) is 7.94. The molecular formula is C10H14N2O2. The first-order valence-electron chi connectivity index (χ1n) is 4.82. The number of carbonyl (C=O) groups is 1. The van der Waals surface area contributed by atoms with E-state index in [1.807, 2.05) is 18.5 Å². The fourth-order valence-electron chi connectivity index (χ4n) is 1.89. The van der Waals surface area contributed by atoms with E-state index in [9.17, 15) is 4.79 Å². The summed E-state index contributed by atoms with van der Waals surface area (Å²) in [6.45, 7) is 2.43. The van der Waals surface area contributed by atoms with Crippen molar-refractivity contribution in [1.29, 1.82) is 0 Å². The minimum Gasteiger partial charge on any atom is -0.481 e. The molecule has 0 bridgehead atoms. The summed E-state index contributed by atoms with van der Waals surface area (Å²) in [6.07, 6.45) is 4.62. The highest BCUT2D eigenvalue weighted by Crippen LogP contribution is 2.18. The Kier molecular flexibility index (Phi) is 2.54. The quantitative estimate of drug-likeness (QED) is 0.752. The van der Waals surface area contributed by atoms with Crippen molar-refractivity contribution in [2.45, 2.75) is 13.0 Å². The molecule has 2 heterocycles. The molecule has 0 aliphatic carbocycles. The largest absolute Gasteiger partial charge is 0.481 e. The lowest BCUT2D eigenvalue weighted by Crippen LogP contribution is -2.22. The minimum absolute atomic E-state index is 0.172. The summed E-state index contributed by atoms with van der Waals surface area (Å²) in [5.74, 6) is -0.837. The van der Waals surface area contributed by atoms with Gasteiger partial charge < -0.3 is 10.1 Å². The van der Waals surface area contributed by atoms with Crippen LogP contribution >= 0.6 is 0 Å². The number of hydrogen-bond donors (Lipinski definition) is 2. The molecule has 2 rings (SSSR count). The van der Waals surface area contributed by atoms with Crippen molar-refractivity contribution in [3.63, 3.8) is 0 Å². The van der Waals surface area contributed by atoms with Crippen molar-refractivity contribution < 1.29 is 9.90 Å². The van der Waals surface area contributed by atoms with Gasteiger partial charge in [0, 0.05) is 25.5 Å². The third kappa shape index (κ3) is 1.96. The van der Waals surface area contributed by atoms with E-state index in [0.29, 0.717) is 6.54 Å². The third-order valence-electron chi connectivity index (χ3n) is 2.69. The molecule has 76 valence electrons. The minimum atomic E-state index is -0.665. The lowest BCUT2D eigenvalue weighted by Gasteiger charge is -2.13. The molecule has 1 aliphatic heterocycles. The Hall–Kier alpha value is -1.29. The van der Waals surface area contributed by atoms with Crippen LogP contribution in [-0.2, 0) is 11.3 Å². The molecule has 4 nitrogen and oxygen atoms in total. The second-order valence-electron chi connectivity index (χ2n) is 3.78. The van der Waals surface area contributed by atoms with Crippen LogP contribution in [0.3, 0.4) is 0 Å². The molecule has 0 spiro atoms. The molecule has 1 saturated heterocycles. The molecule has 1 fully saturated rings. The molecule has 1 aromatic rings. The maximum absolute atomic E-state index is 10.7. The van der Waals surface area contributed by atoms with Gasteiger partial charge in [-0.05, 0) is 24.6 Å². The molecule has 14 heavy (non-hydrogen) atoms. The number of carboxylic acid groups (broad SMARTS) is 1. The van der Waals surface area contributed by atoms with Crippen LogP contribution in [0.15, 0.2) is 18.5 Å². The second-order valence-corrected chi connectivity index (χ2v) is 3.78. The lowest BCUT2D eigenvalue weighted by atomic mass is 10.1. The lowest BCUT2D eigenvalue weighted by molar-refractivity contribution is -0.141. The van der Waals surface area contributed by atoms with Gasteiger partial charge >= 0.3 is 5.97 Å². The number of likely N-dealkylation sites (tertiary alicyclic amines) is 1. The van der Waals surface area contributed by atoms with Crippen LogP contribution in [0.1, 0.15) is 12.0 Å². The van der Waals surface area contributed by atoms with E-state index in [1.165, 1.54) is 5.56 Å². The molecule has 1 atom stereocenters. The highest BCUT2D eigenvalue weighted by atomic mass is 16.4. The highest BCUT2D eigenvalue weighted by Gasteiger charge is 2.27. The first-order chi connectivity index (χ1) is 6.75. The molecule has 1 aromatic heterocycles. The van der Waals surface area contributed by atoms with Crippen LogP contribution in [-0.4, -0.2) is 34.0 Å². The van der Waals surface area contributed by atoms with Crippen LogP contribution in [0, 0.1) is 5.92 Å². The van der Waals surface area contributed by atoms with Gasteiger partial charge in [-0.3, -0.25) is 9.69 Å². The van der Waals surface area contributed by atoms with Gasteiger partial charge in [0.1, 0.15) is 0 Å². The molecular weight excluding hydrogens is 180 g/mol. The maximum atomic E-state index is 10.7. The molecule has 2 N–H and O–H groups in total. The summed E-state index contributed by atoms with van der Waals surface area (Å²) in [4.78, 5) is 15.9. The predicted octanol–water partition coefficient (Wildman–Crippen LogP) is 0.921. The summed E-state index contributed by atoms with van der Waals surface area (Å²) in [5, 5.41) is 8.82. The number of aliphatic carboxylic acids is 1. The van der Waals surface area contributed by atoms with E-state index in [1.54, 1.807) is 0 Å². The first kappa shape index (κ1) is 9.27. The van der Waals surface area contributed by atoms with E-state index < -0.39 is 5.97 Å². The highest BCUT2D eigenvalue weighted by molar-refractivity contribution is 5.70. The fourth-order valence-corrected chi connectivity index (χ4v) is 1.89. The summed E-state index contributed by atoms with van der Waals surface area (Å²) in [5.41, 5.74) is 1.22. The van der Waals surface area contributed by atoms with Crippen molar-refractivity contribution in [1.82, 2.24) is 9.88 Å². The van der Waals surface area contributed by atoms with Gasteiger partial charge in [0.05, 0.1) is 5.92 Å². The first-order valence-corrected chi connectivity index (χ1v) is 4.82. The van der Waals surface area contributed by atoms with E-state index >= 15 is 0 Å². The van der Waals surface area contributed by atoms with Gasteiger partial charge in [0.15, 0.2) is 0 Å². The smallest absolute Gasteiger partial charge is 0.307 e. The van der Waals surface area contributed by atoms with Crippen LogP contribution < -0.4 is 0 Å². The van der Waals surface area contributed by atoms with Crippen molar-refractivity contribution in [3.05, 3.63) is 24.0 Å². The monoisotopic (exact) mass is 194 g/mol. The molecule has 0 saturated carbocycles. The molecule has 4 heteroatoms. The van der Waals surface area contributed by atoms with Crippen LogP contribution in [0.2, 0.25) is 0 Å². The van der Waals surface area contributed by atoms with Gasteiger partial charge in [0.25, 0.3) is 0 Å². The Labute approximate surface area is 82.5 Å². The van der Waals surface area contributed by atoms with Gasteiger partial charge in [-0.2, -0.15) is 0 Å². The maximum Gasteiger partial charge on any atom is 0.307 e. The van der Waals surface area contributed by atoms with Crippen molar-refractivity contribution in [2.24, 2.45) is 5.92 Å². The number of carboxylic acids is 1. The summed E-state index contributed by atoms with van der Waals surface area (Å²) >= 11 is 0. The Morgan fingerprint density at radius 3 is 3.14 bits per heavy atom. The van der Waals surface area contributed by atoms with E-state index in [4.69, 9.17) is 5.11 Å². The van der Waals surface area contributed by atoms with Gasteiger partial charge in [-0.25, -0.2) is 0 Å². The summed E-state index contributed by atoms with van der Waals surface area (Å²) < 4.78 is 0. The number of hydrogen-bond acceptors (Lipinski definition) is 2. The third-order valence-corrected chi connectivity index (χ3v) is 2.69. The van der Waals surface area contributed by atoms with Crippen LogP contribution in [0.25, 0.3) is 0 Å². The second kappa shape index (κ2) is 3.84. The molecule has 0 amide bonds. The number of nitrogens with zero attached hydrogens (tertiary/aromatic N) is 1. The van der Waals surface area contributed by atoms with Crippen molar-refractivity contribution in [3.8, 4) is 0 Å². The number of aromatic amines is 1. The van der Waals surface area contributed by atoms with E-state index in [0.717, 1.165) is 19.5 Å². The predicted molar refractivity (Wildman–Crippen MR) is 51.8 cm³/mol. The molecule has 1 unspecified atom stereocenters. The number of rotatable bonds is 3. The molecule has 1 aliphatic rings. The van der Waals surface area contributed by atoms with Gasteiger partial charge in [-0.1, -0.05) is 0 Å². The Bertz CT molecular complexity index is 308. The molecule has 0 radical (unpaired) electrons. The van der Waals surface area contributed by atoms with E-state index in [2.05, 4.69) is 9.88 Å². The Morgan fingerprint density at radius 1 is 1.71 bits per heavy atom. The SMILES string of the molecule is O=C(O)C1CCN(Cc2cc[nH]c2)C1. The van der Waals surface area contributed by atoms with Gasteiger partial charge in [0.2, 0.25) is 0 Å². The van der Waals surface area contributed by atoms with Crippen molar-refractivity contribution >= 4 is 5.97 Å². The number of nitrogens with one attached hydrogen (secondary N) is 1. The number of aromatic nitrogens is 1. The topological polar surface area (TPSA) is 56.3 Å². The summed E-state index contributed by atoms with van der Waals surface area (Å²) in [6, 6.07) is 2.02. The Balaban J connectivity index is 1.87. The molecule has 0 aromatic carbocycles.